The summed E-state index contributed by atoms with van der Waals surface area (Å²) in [7, 11) is 1.68. The fourth-order valence-corrected chi connectivity index (χ4v) is 4.24. The van der Waals surface area contributed by atoms with Gasteiger partial charge in [0.15, 0.2) is 0 Å². The zero-order valence-corrected chi connectivity index (χ0v) is 20.2. The third-order valence-electron chi connectivity index (χ3n) is 5.90. The Morgan fingerprint density at radius 3 is 1.94 bits per heavy atom. The molecule has 4 heteroatoms. The predicted octanol–water partition coefficient (Wildman–Crippen LogP) is 5.26. The molecule has 3 aromatic rings. The van der Waals surface area contributed by atoms with E-state index < -0.39 is 6.10 Å². The van der Waals surface area contributed by atoms with Gasteiger partial charge in [0.05, 0.1) is 13.2 Å². The van der Waals surface area contributed by atoms with E-state index in [1.807, 2.05) is 30.3 Å². The largest absolute Gasteiger partial charge is 0.497 e. The molecule has 0 spiro atoms. The van der Waals surface area contributed by atoms with Crippen molar-refractivity contribution in [3.8, 4) is 5.75 Å². The minimum absolute atomic E-state index is 0.0446. The van der Waals surface area contributed by atoms with E-state index in [1.165, 1.54) is 11.1 Å². The number of nitrogens with one attached hydrogen (secondary N) is 1. The van der Waals surface area contributed by atoms with Gasteiger partial charge in [0, 0.05) is 32.2 Å². The van der Waals surface area contributed by atoms with E-state index in [0.29, 0.717) is 19.0 Å². The average molecular weight is 447 g/mol. The van der Waals surface area contributed by atoms with Crippen LogP contribution in [0.3, 0.4) is 0 Å². The highest BCUT2D eigenvalue weighted by molar-refractivity contribution is 5.28. The van der Waals surface area contributed by atoms with E-state index in [9.17, 15) is 5.11 Å². The number of aliphatic hydroxyl groups excluding tert-OH is 1. The molecule has 0 aromatic heterocycles. The van der Waals surface area contributed by atoms with Gasteiger partial charge in [-0.3, -0.25) is 4.90 Å². The molecule has 0 fully saturated rings. The van der Waals surface area contributed by atoms with Gasteiger partial charge < -0.3 is 15.2 Å². The number of hydrogen-bond acceptors (Lipinski definition) is 4. The number of benzene rings is 3. The molecule has 0 saturated heterocycles. The molecule has 2 N–H and O–H groups in total. The number of ether oxygens (including phenoxy) is 1. The van der Waals surface area contributed by atoms with E-state index in [4.69, 9.17) is 4.74 Å². The van der Waals surface area contributed by atoms with Gasteiger partial charge in [0.25, 0.3) is 0 Å². The van der Waals surface area contributed by atoms with Crippen LogP contribution >= 0.6 is 0 Å². The van der Waals surface area contributed by atoms with Gasteiger partial charge in [-0.1, -0.05) is 86.6 Å². The molecule has 3 aromatic carbocycles. The van der Waals surface area contributed by atoms with Crippen molar-refractivity contribution in [2.75, 3.05) is 13.7 Å². The summed E-state index contributed by atoms with van der Waals surface area (Å²) in [6, 6.07) is 29.2. The second kappa shape index (κ2) is 13.1. The molecule has 0 unspecified atom stereocenters. The van der Waals surface area contributed by atoms with Crippen LogP contribution in [0.25, 0.3) is 0 Å². The quantitative estimate of drug-likeness (QED) is 0.376. The molecule has 33 heavy (non-hydrogen) atoms. The monoisotopic (exact) mass is 446 g/mol. The molecule has 4 nitrogen and oxygen atoms in total. The molecule has 0 aliphatic carbocycles. The molecule has 2 atom stereocenters. The minimum atomic E-state index is -0.481. The van der Waals surface area contributed by atoms with Gasteiger partial charge >= 0.3 is 0 Å². The van der Waals surface area contributed by atoms with Gasteiger partial charge in [-0.2, -0.15) is 0 Å². The standard InChI is InChI=1S/C29H38N2O2/c1-23(2)17-28(29(32)20-30-19-26-15-10-16-27(18-26)33-3)31(21-24-11-6-4-7-12-24)22-25-13-8-5-9-14-25/h4-16,18,23,28-30,32H,17,19-22H2,1-3H3/t28-,29+/m0/s1. The van der Waals surface area contributed by atoms with Gasteiger partial charge in [0.1, 0.15) is 5.75 Å². The first-order chi connectivity index (χ1) is 16.0. The van der Waals surface area contributed by atoms with Crippen LogP contribution < -0.4 is 10.1 Å². The minimum Gasteiger partial charge on any atom is -0.497 e. The van der Waals surface area contributed by atoms with Crippen molar-refractivity contribution in [1.29, 1.82) is 0 Å². The molecule has 0 aliphatic rings. The Kier molecular flexibility index (Phi) is 9.95. The van der Waals surface area contributed by atoms with Gasteiger partial charge in [-0.05, 0) is 41.2 Å². The fourth-order valence-electron chi connectivity index (χ4n) is 4.24. The molecule has 0 radical (unpaired) electrons. The Bertz CT molecular complexity index is 889. The van der Waals surface area contributed by atoms with Crippen LogP contribution in [0.2, 0.25) is 0 Å². The smallest absolute Gasteiger partial charge is 0.119 e. The lowest BCUT2D eigenvalue weighted by Crippen LogP contribution is -2.47. The van der Waals surface area contributed by atoms with Crippen molar-refractivity contribution in [3.05, 3.63) is 102 Å². The summed E-state index contributed by atoms with van der Waals surface area (Å²) in [5, 5.41) is 14.8. The Labute approximate surface area is 199 Å². The van der Waals surface area contributed by atoms with Crippen molar-refractivity contribution in [2.24, 2.45) is 5.92 Å². The van der Waals surface area contributed by atoms with Crippen LogP contribution in [0.5, 0.6) is 5.75 Å². The Morgan fingerprint density at radius 1 is 0.818 bits per heavy atom. The van der Waals surface area contributed by atoms with Crippen molar-refractivity contribution < 1.29 is 9.84 Å². The number of nitrogens with zero attached hydrogens (tertiary/aromatic N) is 1. The number of hydrogen-bond donors (Lipinski definition) is 2. The van der Waals surface area contributed by atoms with Crippen LogP contribution in [0.4, 0.5) is 0 Å². The van der Waals surface area contributed by atoms with Crippen LogP contribution in [-0.2, 0) is 19.6 Å². The molecule has 176 valence electrons. The van der Waals surface area contributed by atoms with Gasteiger partial charge in [-0.25, -0.2) is 0 Å². The molecule has 0 bridgehead atoms. The third-order valence-corrected chi connectivity index (χ3v) is 5.90. The lowest BCUT2D eigenvalue weighted by molar-refractivity contribution is 0.0279. The number of rotatable bonds is 13. The van der Waals surface area contributed by atoms with Crippen molar-refractivity contribution in [1.82, 2.24) is 10.2 Å². The van der Waals surface area contributed by atoms with Crippen LogP contribution in [0, 0.1) is 5.92 Å². The molecule has 0 heterocycles. The van der Waals surface area contributed by atoms with Gasteiger partial charge in [0.2, 0.25) is 0 Å². The maximum absolute atomic E-state index is 11.3. The third kappa shape index (κ3) is 8.32. The topological polar surface area (TPSA) is 44.7 Å². The fraction of sp³-hybridized carbons (Fsp3) is 0.379. The van der Waals surface area contributed by atoms with E-state index in [2.05, 4.69) is 78.7 Å². The maximum Gasteiger partial charge on any atom is 0.119 e. The summed E-state index contributed by atoms with van der Waals surface area (Å²) in [6.07, 6.45) is 0.451. The SMILES string of the molecule is COc1cccc(CNC[C@@H](O)[C@H](CC(C)C)N(Cc2ccccc2)Cc2ccccc2)c1. The van der Waals surface area contributed by atoms with E-state index >= 15 is 0 Å². The van der Waals surface area contributed by atoms with Crippen molar-refractivity contribution >= 4 is 0 Å². The van der Waals surface area contributed by atoms with E-state index in [1.54, 1.807) is 7.11 Å². The van der Waals surface area contributed by atoms with Crippen LogP contribution in [-0.4, -0.2) is 35.8 Å². The maximum atomic E-state index is 11.3. The first-order valence-corrected chi connectivity index (χ1v) is 11.9. The summed E-state index contributed by atoms with van der Waals surface area (Å²) < 4.78 is 5.33. The summed E-state index contributed by atoms with van der Waals surface area (Å²) in [4.78, 5) is 2.43. The van der Waals surface area contributed by atoms with E-state index in [0.717, 1.165) is 30.8 Å². The predicted molar refractivity (Wildman–Crippen MR) is 136 cm³/mol. The number of aliphatic hydroxyl groups is 1. The summed E-state index contributed by atoms with van der Waals surface area (Å²) in [6.45, 7) is 7.30. The van der Waals surface area contributed by atoms with Crippen molar-refractivity contribution in [2.45, 2.75) is 52.0 Å². The average Bonchev–Trinajstić information content (AvgIpc) is 2.83. The molecular formula is C29H38N2O2. The Morgan fingerprint density at radius 2 is 1.39 bits per heavy atom. The zero-order chi connectivity index (χ0) is 23.5. The molecular weight excluding hydrogens is 408 g/mol. The Hall–Kier alpha value is -2.66. The van der Waals surface area contributed by atoms with Crippen LogP contribution in [0.1, 0.15) is 37.0 Å². The van der Waals surface area contributed by atoms with Gasteiger partial charge in [-0.15, -0.1) is 0 Å². The molecule has 3 rings (SSSR count). The lowest BCUT2D eigenvalue weighted by atomic mass is 9.96. The highest BCUT2D eigenvalue weighted by Gasteiger charge is 2.27. The second-order valence-corrected chi connectivity index (χ2v) is 9.12. The summed E-state index contributed by atoms with van der Waals surface area (Å²) in [5.74, 6) is 1.33. The first-order valence-electron chi connectivity index (χ1n) is 11.9. The summed E-state index contributed by atoms with van der Waals surface area (Å²) in [5.41, 5.74) is 3.67. The van der Waals surface area contributed by atoms with Crippen LogP contribution in [0.15, 0.2) is 84.9 Å². The van der Waals surface area contributed by atoms with E-state index in [-0.39, 0.29) is 6.04 Å². The highest BCUT2D eigenvalue weighted by Crippen LogP contribution is 2.21. The molecule has 0 saturated carbocycles. The zero-order valence-electron chi connectivity index (χ0n) is 20.2. The first kappa shape index (κ1) is 25.0. The lowest BCUT2D eigenvalue weighted by Gasteiger charge is -2.36. The highest BCUT2D eigenvalue weighted by atomic mass is 16.5. The molecule has 0 amide bonds. The molecule has 0 aliphatic heterocycles. The van der Waals surface area contributed by atoms with Crippen molar-refractivity contribution in [3.63, 3.8) is 0 Å². The second-order valence-electron chi connectivity index (χ2n) is 9.12. The summed E-state index contributed by atoms with van der Waals surface area (Å²) >= 11 is 0. The Balaban J connectivity index is 1.72. The number of methoxy groups -OCH3 is 1. The normalized spacial score (nSPS) is 13.3.